The number of unbranched alkanes of at least 4 members (excludes halogenated alkanes) is 3. The number of benzene rings is 1. The van der Waals surface area contributed by atoms with Gasteiger partial charge in [0.05, 0.1) is 6.42 Å². The number of nitrogens with one attached hydrogen (secondary N) is 1. The van der Waals surface area contributed by atoms with Gasteiger partial charge in [-0.05, 0) is 28.5 Å². The highest BCUT2D eigenvalue weighted by molar-refractivity contribution is 5.75. The lowest BCUT2D eigenvalue weighted by molar-refractivity contribution is -0.136. The molecule has 134 valence electrons. The average Bonchev–Trinajstić information content (AvgIpc) is 2.49. The Kier molecular flexibility index (Phi) is 7.96. The molecule has 0 heterocycles. The lowest BCUT2D eigenvalue weighted by Crippen LogP contribution is -2.23. The molecule has 1 aromatic rings. The van der Waals surface area contributed by atoms with E-state index in [-0.39, 0.29) is 17.7 Å². The van der Waals surface area contributed by atoms with E-state index in [1.54, 1.807) is 0 Å². The first-order valence-corrected chi connectivity index (χ1v) is 8.84. The molecule has 4 heteroatoms. The topological polar surface area (TPSA) is 66.4 Å². The first-order chi connectivity index (χ1) is 11.2. The largest absolute Gasteiger partial charge is 0.481 e. The molecule has 0 aromatic heterocycles. The van der Waals surface area contributed by atoms with Crippen molar-refractivity contribution in [3.8, 4) is 0 Å². The number of amides is 1. The van der Waals surface area contributed by atoms with Gasteiger partial charge in [-0.3, -0.25) is 9.59 Å². The maximum absolute atomic E-state index is 11.9. The normalized spacial score (nSPS) is 11.3. The van der Waals surface area contributed by atoms with Crippen LogP contribution < -0.4 is 5.32 Å². The van der Waals surface area contributed by atoms with E-state index >= 15 is 0 Å². The predicted octanol–water partition coefficient (Wildman–Crippen LogP) is 4.20. The van der Waals surface area contributed by atoms with Crippen LogP contribution in [-0.2, 0) is 28.0 Å². The van der Waals surface area contributed by atoms with Gasteiger partial charge in [0.15, 0.2) is 0 Å². The molecular weight excluding hydrogens is 302 g/mol. The van der Waals surface area contributed by atoms with Crippen LogP contribution in [0.2, 0.25) is 0 Å². The van der Waals surface area contributed by atoms with E-state index in [0.29, 0.717) is 13.0 Å². The number of aliphatic carboxylic acids is 1. The summed E-state index contributed by atoms with van der Waals surface area (Å²) >= 11 is 0. The summed E-state index contributed by atoms with van der Waals surface area (Å²) in [5.74, 6) is -0.744. The molecule has 0 unspecified atom stereocenters. The molecule has 1 rings (SSSR count). The van der Waals surface area contributed by atoms with Crippen molar-refractivity contribution in [3.05, 3.63) is 34.9 Å². The summed E-state index contributed by atoms with van der Waals surface area (Å²) in [6, 6.07) is 5.80. The summed E-state index contributed by atoms with van der Waals surface area (Å²) < 4.78 is 0. The number of carbonyl (C=O) groups is 2. The zero-order valence-corrected chi connectivity index (χ0v) is 15.4. The fraction of sp³-hybridized carbons (Fsp3) is 0.600. The molecule has 0 atom stereocenters. The minimum Gasteiger partial charge on any atom is -0.481 e. The van der Waals surface area contributed by atoms with Crippen LogP contribution in [0.3, 0.4) is 0 Å². The molecule has 0 radical (unpaired) electrons. The van der Waals surface area contributed by atoms with Crippen LogP contribution in [0.4, 0.5) is 0 Å². The third kappa shape index (κ3) is 7.16. The Balaban J connectivity index is 2.69. The number of carbonyl (C=O) groups excluding carboxylic acids is 1. The first-order valence-electron chi connectivity index (χ1n) is 8.84. The second kappa shape index (κ2) is 9.45. The monoisotopic (exact) mass is 333 g/mol. The summed E-state index contributed by atoms with van der Waals surface area (Å²) in [5.41, 5.74) is 2.74. The highest BCUT2D eigenvalue weighted by Gasteiger charge is 2.19. The van der Waals surface area contributed by atoms with Crippen molar-refractivity contribution in [2.45, 2.75) is 78.2 Å². The van der Waals surface area contributed by atoms with E-state index < -0.39 is 5.97 Å². The van der Waals surface area contributed by atoms with E-state index in [1.165, 1.54) is 12.8 Å². The van der Waals surface area contributed by atoms with Crippen molar-refractivity contribution in [2.24, 2.45) is 0 Å². The van der Waals surface area contributed by atoms with E-state index in [9.17, 15) is 9.59 Å². The van der Waals surface area contributed by atoms with Crippen molar-refractivity contribution in [3.63, 3.8) is 0 Å². The van der Waals surface area contributed by atoms with Gasteiger partial charge < -0.3 is 10.4 Å². The molecule has 1 amide bonds. The van der Waals surface area contributed by atoms with Gasteiger partial charge in [-0.1, -0.05) is 65.2 Å². The van der Waals surface area contributed by atoms with Crippen LogP contribution in [0.5, 0.6) is 0 Å². The molecule has 0 bridgehead atoms. The fourth-order valence-corrected chi connectivity index (χ4v) is 2.75. The summed E-state index contributed by atoms with van der Waals surface area (Å²) in [6.45, 7) is 8.86. The van der Waals surface area contributed by atoms with Crippen molar-refractivity contribution < 1.29 is 14.7 Å². The zero-order valence-electron chi connectivity index (χ0n) is 15.4. The van der Waals surface area contributed by atoms with Crippen molar-refractivity contribution in [1.82, 2.24) is 5.32 Å². The van der Waals surface area contributed by atoms with E-state index in [4.69, 9.17) is 5.11 Å². The summed E-state index contributed by atoms with van der Waals surface area (Å²) in [4.78, 5) is 22.9. The predicted molar refractivity (Wildman–Crippen MR) is 97.1 cm³/mol. The molecule has 0 aliphatic carbocycles. The summed E-state index contributed by atoms with van der Waals surface area (Å²) in [7, 11) is 0. The van der Waals surface area contributed by atoms with E-state index in [1.807, 2.05) is 18.2 Å². The zero-order chi connectivity index (χ0) is 18.2. The van der Waals surface area contributed by atoms with Gasteiger partial charge in [0, 0.05) is 13.0 Å². The molecule has 0 aliphatic rings. The number of carboxylic acids is 1. The molecule has 2 N–H and O–H groups in total. The van der Waals surface area contributed by atoms with Crippen LogP contribution in [0.25, 0.3) is 0 Å². The van der Waals surface area contributed by atoms with Gasteiger partial charge in [0.2, 0.25) is 5.91 Å². The van der Waals surface area contributed by atoms with Crippen molar-refractivity contribution >= 4 is 11.9 Å². The number of hydrogen-bond donors (Lipinski definition) is 2. The number of rotatable bonds is 9. The molecular formula is C20H31NO3. The van der Waals surface area contributed by atoms with Gasteiger partial charge in [-0.25, -0.2) is 0 Å². The Bertz CT molecular complexity index is 558. The molecule has 24 heavy (non-hydrogen) atoms. The Hall–Kier alpha value is -1.84. The standard InChI is InChI=1S/C20H31NO3/c1-5-6-7-8-9-18(22)21-14-15-10-11-16(13-19(23)24)17(12-15)20(2,3)4/h10-12H,5-9,13-14H2,1-4H3,(H,21,22)(H,23,24). The molecule has 0 spiro atoms. The molecule has 0 saturated heterocycles. The number of carboxylic acid groups (broad SMARTS) is 1. The van der Waals surface area contributed by atoms with Crippen molar-refractivity contribution in [1.29, 1.82) is 0 Å². The second-order valence-electron chi connectivity index (χ2n) is 7.40. The molecule has 4 nitrogen and oxygen atoms in total. The second-order valence-corrected chi connectivity index (χ2v) is 7.40. The van der Waals surface area contributed by atoms with E-state index in [2.05, 4.69) is 33.0 Å². The van der Waals surface area contributed by atoms with Gasteiger partial charge in [-0.2, -0.15) is 0 Å². The first kappa shape index (κ1) is 20.2. The van der Waals surface area contributed by atoms with Crippen LogP contribution in [0.1, 0.15) is 76.5 Å². The fourth-order valence-electron chi connectivity index (χ4n) is 2.75. The van der Waals surface area contributed by atoms with Crippen LogP contribution >= 0.6 is 0 Å². The van der Waals surface area contributed by atoms with Crippen molar-refractivity contribution in [2.75, 3.05) is 0 Å². The minimum absolute atomic E-state index is 0.0245. The smallest absolute Gasteiger partial charge is 0.307 e. The molecule has 0 fully saturated rings. The minimum atomic E-state index is -0.825. The maximum Gasteiger partial charge on any atom is 0.307 e. The van der Waals surface area contributed by atoms with Crippen LogP contribution in [-0.4, -0.2) is 17.0 Å². The van der Waals surface area contributed by atoms with Gasteiger partial charge in [0.25, 0.3) is 0 Å². The molecule has 1 aromatic carbocycles. The maximum atomic E-state index is 11.9. The SMILES string of the molecule is CCCCCCC(=O)NCc1ccc(CC(=O)O)c(C(C)(C)C)c1. The Labute approximate surface area is 145 Å². The lowest BCUT2D eigenvalue weighted by atomic mass is 9.82. The Morgan fingerprint density at radius 2 is 1.83 bits per heavy atom. The Morgan fingerprint density at radius 3 is 2.42 bits per heavy atom. The van der Waals surface area contributed by atoms with Crippen LogP contribution in [0, 0.1) is 0 Å². The van der Waals surface area contributed by atoms with Gasteiger partial charge in [-0.15, -0.1) is 0 Å². The third-order valence-electron chi connectivity index (χ3n) is 4.07. The molecule has 0 saturated carbocycles. The third-order valence-corrected chi connectivity index (χ3v) is 4.07. The van der Waals surface area contributed by atoms with Gasteiger partial charge >= 0.3 is 5.97 Å². The quantitative estimate of drug-likeness (QED) is 0.666. The Morgan fingerprint density at radius 1 is 1.12 bits per heavy atom. The highest BCUT2D eigenvalue weighted by atomic mass is 16.4. The molecule has 0 aliphatic heterocycles. The number of hydrogen-bond acceptors (Lipinski definition) is 2. The van der Waals surface area contributed by atoms with E-state index in [0.717, 1.165) is 29.5 Å². The average molecular weight is 333 g/mol. The highest BCUT2D eigenvalue weighted by Crippen LogP contribution is 2.27. The summed E-state index contributed by atoms with van der Waals surface area (Å²) in [6.07, 6.45) is 4.97. The summed E-state index contributed by atoms with van der Waals surface area (Å²) in [5, 5.41) is 12.0. The van der Waals surface area contributed by atoms with Crippen LogP contribution in [0.15, 0.2) is 18.2 Å². The van der Waals surface area contributed by atoms with Gasteiger partial charge in [0.1, 0.15) is 0 Å². The lowest BCUT2D eigenvalue weighted by Gasteiger charge is -2.23.